The number of nitrogens with two attached hydrogens (primary N) is 1. The molecular weight excluding hydrogens is 306 g/mol. The zero-order valence-corrected chi connectivity index (χ0v) is 13.4. The van der Waals surface area contributed by atoms with Crippen LogP contribution in [0.15, 0.2) is 30.5 Å². The minimum Gasteiger partial charge on any atom is -0.364 e. The van der Waals surface area contributed by atoms with Crippen molar-refractivity contribution in [3.63, 3.8) is 0 Å². The third-order valence-corrected chi connectivity index (χ3v) is 4.39. The number of aryl methyl sites for hydroxylation is 1. The third kappa shape index (κ3) is 3.79. The molecule has 0 radical (unpaired) electrons. The van der Waals surface area contributed by atoms with E-state index in [0.717, 1.165) is 30.8 Å². The molecule has 0 saturated carbocycles. The van der Waals surface area contributed by atoms with Crippen LogP contribution in [0.25, 0.3) is 0 Å². The smallest absolute Gasteiger partial charge is 0.269 e. The van der Waals surface area contributed by atoms with E-state index < -0.39 is 5.91 Å². The summed E-state index contributed by atoms with van der Waals surface area (Å²) >= 11 is 0. The fourth-order valence-corrected chi connectivity index (χ4v) is 3.07. The van der Waals surface area contributed by atoms with Gasteiger partial charge in [0.25, 0.3) is 5.91 Å². The lowest BCUT2D eigenvalue weighted by Gasteiger charge is -2.32. The Bertz CT molecular complexity index is 713. The van der Waals surface area contributed by atoms with Crippen molar-refractivity contribution < 1.29 is 9.59 Å². The highest BCUT2D eigenvalue weighted by atomic mass is 16.2. The molecule has 7 heteroatoms. The number of nitrogens with one attached hydrogen (secondary N) is 1. The predicted molar refractivity (Wildman–Crippen MR) is 88.2 cm³/mol. The normalized spacial score (nSPS) is 17.7. The molecule has 0 aliphatic carbocycles. The molecule has 0 spiro atoms. The molecule has 2 amide bonds. The lowest BCUT2D eigenvalue weighted by Crippen LogP contribution is -2.39. The number of primary amides is 1. The SMILES string of the molecule is NC(=O)c1cc([C@H]2CCCN(C(=O)CCc3ccccn3)C2)[nH]n1. The van der Waals surface area contributed by atoms with Crippen molar-refractivity contribution in [1.29, 1.82) is 0 Å². The molecule has 1 aliphatic heterocycles. The van der Waals surface area contributed by atoms with Gasteiger partial charge in [0.1, 0.15) is 5.69 Å². The van der Waals surface area contributed by atoms with Gasteiger partial charge in [-0.15, -0.1) is 0 Å². The molecule has 1 aliphatic rings. The Morgan fingerprint density at radius 3 is 2.96 bits per heavy atom. The van der Waals surface area contributed by atoms with Gasteiger partial charge in [-0.3, -0.25) is 19.7 Å². The maximum absolute atomic E-state index is 12.5. The van der Waals surface area contributed by atoms with Crippen LogP contribution < -0.4 is 5.73 Å². The molecule has 0 unspecified atom stereocenters. The van der Waals surface area contributed by atoms with Crippen LogP contribution in [0.1, 0.15) is 47.1 Å². The first-order valence-corrected chi connectivity index (χ1v) is 8.16. The predicted octanol–water partition coefficient (Wildman–Crippen LogP) is 1.24. The number of H-pyrrole nitrogens is 1. The van der Waals surface area contributed by atoms with Crippen LogP contribution in [-0.2, 0) is 11.2 Å². The van der Waals surface area contributed by atoms with E-state index in [9.17, 15) is 9.59 Å². The summed E-state index contributed by atoms with van der Waals surface area (Å²) in [6.07, 6.45) is 4.75. The van der Waals surface area contributed by atoms with Crippen LogP contribution in [0.3, 0.4) is 0 Å². The van der Waals surface area contributed by atoms with Gasteiger partial charge in [-0.25, -0.2) is 0 Å². The van der Waals surface area contributed by atoms with Crippen molar-refractivity contribution in [1.82, 2.24) is 20.1 Å². The molecule has 0 aromatic carbocycles. The summed E-state index contributed by atoms with van der Waals surface area (Å²) in [5.41, 5.74) is 7.27. The van der Waals surface area contributed by atoms with Gasteiger partial charge in [-0.2, -0.15) is 5.10 Å². The summed E-state index contributed by atoms with van der Waals surface area (Å²) in [6, 6.07) is 7.42. The lowest BCUT2D eigenvalue weighted by molar-refractivity contribution is -0.132. The van der Waals surface area contributed by atoms with E-state index >= 15 is 0 Å². The summed E-state index contributed by atoms with van der Waals surface area (Å²) in [4.78, 5) is 29.8. The van der Waals surface area contributed by atoms with Crippen molar-refractivity contribution in [2.45, 2.75) is 31.6 Å². The Morgan fingerprint density at radius 1 is 1.38 bits per heavy atom. The Morgan fingerprint density at radius 2 is 2.25 bits per heavy atom. The molecule has 3 rings (SSSR count). The van der Waals surface area contributed by atoms with E-state index in [1.807, 2.05) is 23.1 Å². The van der Waals surface area contributed by atoms with Crippen molar-refractivity contribution in [3.05, 3.63) is 47.5 Å². The maximum atomic E-state index is 12.5. The maximum Gasteiger partial charge on any atom is 0.269 e. The number of carbonyl (C=O) groups excluding carboxylic acids is 2. The lowest BCUT2D eigenvalue weighted by atomic mass is 9.94. The highest BCUT2D eigenvalue weighted by Gasteiger charge is 2.26. The van der Waals surface area contributed by atoms with Crippen LogP contribution >= 0.6 is 0 Å². The van der Waals surface area contributed by atoms with Crippen LogP contribution in [0, 0.1) is 0 Å². The van der Waals surface area contributed by atoms with E-state index in [4.69, 9.17) is 5.73 Å². The van der Waals surface area contributed by atoms with Gasteiger partial charge in [-0.05, 0) is 37.5 Å². The Kier molecular flexibility index (Phi) is 4.88. The van der Waals surface area contributed by atoms with Gasteiger partial charge in [0, 0.05) is 43.0 Å². The van der Waals surface area contributed by atoms with Gasteiger partial charge in [0.15, 0.2) is 0 Å². The largest absolute Gasteiger partial charge is 0.364 e. The van der Waals surface area contributed by atoms with Crippen LogP contribution in [0.5, 0.6) is 0 Å². The summed E-state index contributed by atoms with van der Waals surface area (Å²) in [6.45, 7) is 1.41. The third-order valence-electron chi connectivity index (χ3n) is 4.39. The zero-order valence-electron chi connectivity index (χ0n) is 13.4. The first-order chi connectivity index (χ1) is 11.6. The second kappa shape index (κ2) is 7.25. The van der Waals surface area contributed by atoms with Crippen molar-refractivity contribution in [2.24, 2.45) is 5.73 Å². The molecule has 126 valence electrons. The highest BCUT2D eigenvalue weighted by molar-refractivity contribution is 5.90. The topological polar surface area (TPSA) is 105 Å². The van der Waals surface area contributed by atoms with E-state index in [0.29, 0.717) is 19.4 Å². The Balaban J connectivity index is 1.58. The number of aromatic nitrogens is 3. The number of aromatic amines is 1. The number of carbonyl (C=O) groups is 2. The van der Waals surface area contributed by atoms with Gasteiger partial charge >= 0.3 is 0 Å². The summed E-state index contributed by atoms with van der Waals surface area (Å²) in [7, 11) is 0. The van der Waals surface area contributed by atoms with E-state index in [1.165, 1.54) is 0 Å². The van der Waals surface area contributed by atoms with Crippen molar-refractivity contribution >= 4 is 11.8 Å². The van der Waals surface area contributed by atoms with Crippen molar-refractivity contribution in [2.75, 3.05) is 13.1 Å². The highest BCUT2D eigenvalue weighted by Crippen LogP contribution is 2.26. The fourth-order valence-electron chi connectivity index (χ4n) is 3.07. The number of amides is 2. The van der Waals surface area contributed by atoms with Gasteiger partial charge < -0.3 is 10.6 Å². The molecule has 1 atom stereocenters. The summed E-state index contributed by atoms with van der Waals surface area (Å²) in [5.74, 6) is -0.241. The van der Waals surface area contributed by atoms with Gasteiger partial charge in [-0.1, -0.05) is 6.07 Å². The fraction of sp³-hybridized carbons (Fsp3) is 0.412. The van der Waals surface area contributed by atoms with Gasteiger partial charge in [0.05, 0.1) is 0 Å². The van der Waals surface area contributed by atoms with E-state index in [2.05, 4.69) is 15.2 Å². The summed E-state index contributed by atoms with van der Waals surface area (Å²) < 4.78 is 0. The molecule has 1 saturated heterocycles. The first-order valence-electron chi connectivity index (χ1n) is 8.16. The average Bonchev–Trinajstić information content (AvgIpc) is 3.11. The van der Waals surface area contributed by atoms with E-state index in [1.54, 1.807) is 12.3 Å². The molecule has 2 aromatic rings. The Labute approximate surface area is 140 Å². The minimum atomic E-state index is -0.545. The monoisotopic (exact) mass is 327 g/mol. The molecule has 3 heterocycles. The molecule has 1 fully saturated rings. The number of likely N-dealkylation sites (tertiary alicyclic amines) is 1. The molecule has 0 bridgehead atoms. The minimum absolute atomic E-state index is 0.139. The second-order valence-electron chi connectivity index (χ2n) is 6.07. The number of nitrogens with zero attached hydrogens (tertiary/aromatic N) is 3. The molecule has 24 heavy (non-hydrogen) atoms. The quantitative estimate of drug-likeness (QED) is 0.862. The number of piperidine rings is 1. The van der Waals surface area contributed by atoms with Crippen molar-refractivity contribution in [3.8, 4) is 0 Å². The number of hydrogen-bond donors (Lipinski definition) is 2. The average molecular weight is 327 g/mol. The number of hydrogen-bond acceptors (Lipinski definition) is 4. The van der Waals surface area contributed by atoms with Crippen LogP contribution in [-0.4, -0.2) is 45.0 Å². The number of pyridine rings is 1. The summed E-state index contributed by atoms with van der Waals surface area (Å²) in [5, 5.41) is 6.80. The molecule has 2 aromatic heterocycles. The standard InChI is InChI=1S/C17H21N5O2/c18-17(24)15-10-14(20-21-15)12-4-3-9-22(11-12)16(23)7-6-13-5-1-2-8-19-13/h1-2,5,8,10,12H,3-4,6-7,9,11H2,(H2,18,24)(H,20,21)/t12-/m0/s1. The first kappa shape index (κ1) is 16.2. The number of rotatable bonds is 5. The molecule has 3 N–H and O–H groups in total. The Hall–Kier alpha value is -2.70. The van der Waals surface area contributed by atoms with E-state index in [-0.39, 0.29) is 17.5 Å². The molecule has 7 nitrogen and oxygen atoms in total. The zero-order chi connectivity index (χ0) is 16.9. The van der Waals surface area contributed by atoms with Crippen LogP contribution in [0.2, 0.25) is 0 Å². The second-order valence-corrected chi connectivity index (χ2v) is 6.07. The molecular formula is C17H21N5O2. The van der Waals surface area contributed by atoms with Gasteiger partial charge in [0.2, 0.25) is 5.91 Å². The van der Waals surface area contributed by atoms with Crippen LogP contribution in [0.4, 0.5) is 0 Å².